The molecule has 1 fully saturated rings. The van der Waals surface area contributed by atoms with E-state index in [1.807, 2.05) is 0 Å². The van der Waals surface area contributed by atoms with Crippen molar-refractivity contribution in [1.82, 2.24) is 4.90 Å². The van der Waals surface area contributed by atoms with Crippen molar-refractivity contribution in [2.24, 2.45) is 11.8 Å². The van der Waals surface area contributed by atoms with Gasteiger partial charge in [-0.2, -0.15) is 0 Å². The van der Waals surface area contributed by atoms with Crippen LogP contribution in [0.25, 0.3) is 0 Å². The van der Waals surface area contributed by atoms with Crippen LogP contribution in [0.15, 0.2) is 18.2 Å². The van der Waals surface area contributed by atoms with Gasteiger partial charge in [-0.15, -0.1) is 0 Å². The van der Waals surface area contributed by atoms with Crippen LogP contribution in [-0.2, 0) is 4.79 Å². The highest BCUT2D eigenvalue weighted by atomic mass is 19.2. The summed E-state index contributed by atoms with van der Waals surface area (Å²) in [5.74, 6) is -4.31. The number of hydrogen-bond acceptors (Lipinski definition) is 2. The molecule has 2 unspecified atom stereocenters. The van der Waals surface area contributed by atoms with Gasteiger partial charge in [0.1, 0.15) is 0 Å². The molecule has 1 saturated heterocycles. The number of hydrogen-bond donors (Lipinski definition) is 1. The normalized spacial score (nSPS) is 22.6. The van der Waals surface area contributed by atoms with Crippen molar-refractivity contribution in [3.8, 4) is 0 Å². The highest BCUT2D eigenvalue weighted by Gasteiger charge is 2.37. The summed E-state index contributed by atoms with van der Waals surface area (Å²) >= 11 is 0. The van der Waals surface area contributed by atoms with Crippen LogP contribution in [0.5, 0.6) is 0 Å². The maximum atomic E-state index is 13.1. The molecule has 1 aliphatic rings. The standard InChI is InChI=1S/C13H13F2NO3/c1-7-5-16(6-9(7)13(18)19)12(17)8-2-3-10(14)11(15)4-8/h2-4,7,9H,5-6H2,1H3,(H,18,19). The fourth-order valence-corrected chi connectivity index (χ4v) is 2.27. The maximum absolute atomic E-state index is 13.1. The van der Waals surface area contributed by atoms with Crippen molar-refractivity contribution < 1.29 is 23.5 Å². The molecule has 4 nitrogen and oxygen atoms in total. The van der Waals surface area contributed by atoms with Gasteiger partial charge in [0, 0.05) is 18.7 Å². The number of carboxylic acids is 1. The van der Waals surface area contributed by atoms with E-state index in [2.05, 4.69) is 0 Å². The average molecular weight is 269 g/mol. The Kier molecular flexibility index (Phi) is 3.50. The first kappa shape index (κ1) is 13.5. The summed E-state index contributed by atoms with van der Waals surface area (Å²) in [6.45, 7) is 2.14. The Balaban J connectivity index is 2.17. The average Bonchev–Trinajstić information content (AvgIpc) is 2.74. The Hall–Kier alpha value is -1.98. The van der Waals surface area contributed by atoms with Crippen LogP contribution < -0.4 is 0 Å². The van der Waals surface area contributed by atoms with Gasteiger partial charge in [0.05, 0.1) is 5.92 Å². The minimum atomic E-state index is -1.09. The molecule has 1 amide bonds. The number of carbonyl (C=O) groups is 2. The zero-order valence-electron chi connectivity index (χ0n) is 10.3. The van der Waals surface area contributed by atoms with E-state index in [0.29, 0.717) is 6.54 Å². The van der Waals surface area contributed by atoms with Crippen molar-refractivity contribution in [3.05, 3.63) is 35.4 Å². The Morgan fingerprint density at radius 1 is 1.26 bits per heavy atom. The first-order valence-electron chi connectivity index (χ1n) is 5.87. The number of likely N-dealkylation sites (tertiary alicyclic amines) is 1. The molecule has 1 aromatic rings. The second-order valence-corrected chi connectivity index (χ2v) is 4.76. The third-order valence-corrected chi connectivity index (χ3v) is 3.38. The molecule has 19 heavy (non-hydrogen) atoms. The Bertz CT molecular complexity index is 533. The number of aliphatic carboxylic acids is 1. The van der Waals surface area contributed by atoms with Gasteiger partial charge >= 0.3 is 5.97 Å². The molecule has 6 heteroatoms. The lowest BCUT2D eigenvalue weighted by atomic mass is 9.99. The summed E-state index contributed by atoms with van der Waals surface area (Å²) in [6, 6.07) is 2.91. The zero-order valence-corrected chi connectivity index (χ0v) is 10.3. The molecule has 2 rings (SSSR count). The molecular weight excluding hydrogens is 256 g/mol. The van der Waals surface area contributed by atoms with Gasteiger partial charge in [0.15, 0.2) is 11.6 Å². The number of halogens is 2. The van der Waals surface area contributed by atoms with Crippen LogP contribution in [0.4, 0.5) is 8.78 Å². The molecule has 0 aromatic heterocycles. The highest BCUT2D eigenvalue weighted by molar-refractivity contribution is 5.94. The molecular formula is C13H13F2NO3. The highest BCUT2D eigenvalue weighted by Crippen LogP contribution is 2.25. The second-order valence-electron chi connectivity index (χ2n) is 4.76. The third kappa shape index (κ3) is 2.57. The lowest BCUT2D eigenvalue weighted by molar-refractivity contribution is -0.142. The molecule has 102 valence electrons. The van der Waals surface area contributed by atoms with E-state index in [1.54, 1.807) is 6.92 Å². The van der Waals surface area contributed by atoms with E-state index in [4.69, 9.17) is 5.11 Å². The first-order chi connectivity index (χ1) is 8.90. The lowest BCUT2D eigenvalue weighted by Gasteiger charge is -2.15. The van der Waals surface area contributed by atoms with Gasteiger partial charge in [-0.1, -0.05) is 6.92 Å². The first-order valence-corrected chi connectivity index (χ1v) is 5.87. The molecule has 1 aliphatic heterocycles. The number of carbonyl (C=O) groups excluding carboxylic acids is 1. The van der Waals surface area contributed by atoms with E-state index in [1.165, 1.54) is 11.0 Å². The number of benzene rings is 1. The number of nitrogens with zero attached hydrogens (tertiary/aromatic N) is 1. The van der Waals surface area contributed by atoms with Crippen molar-refractivity contribution in [2.75, 3.05) is 13.1 Å². The minimum absolute atomic E-state index is 0.0251. The van der Waals surface area contributed by atoms with Crippen molar-refractivity contribution in [3.63, 3.8) is 0 Å². The topological polar surface area (TPSA) is 57.6 Å². The smallest absolute Gasteiger partial charge is 0.308 e. The molecule has 0 saturated carbocycles. The Morgan fingerprint density at radius 3 is 2.47 bits per heavy atom. The maximum Gasteiger partial charge on any atom is 0.308 e. The van der Waals surface area contributed by atoms with E-state index in [0.717, 1.165) is 12.1 Å². The summed E-state index contributed by atoms with van der Waals surface area (Å²) in [5, 5.41) is 8.99. The molecule has 0 aliphatic carbocycles. The Morgan fingerprint density at radius 2 is 1.95 bits per heavy atom. The van der Waals surface area contributed by atoms with E-state index >= 15 is 0 Å². The van der Waals surface area contributed by atoms with Crippen LogP contribution in [-0.4, -0.2) is 35.0 Å². The molecule has 0 bridgehead atoms. The summed E-state index contributed by atoms with van der Waals surface area (Å²) in [6.07, 6.45) is 0. The van der Waals surface area contributed by atoms with E-state index < -0.39 is 29.4 Å². The van der Waals surface area contributed by atoms with Crippen molar-refractivity contribution in [2.45, 2.75) is 6.92 Å². The minimum Gasteiger partial charge on any atom is -0.481 e. The summed E-state index contributed by atoms with van der Waals surface area (Å²) in [4.78, 5) is 24.4. The summed E-state index contributed by atoms with van der Waals surface area (Å²) in [5.41, 5.74) is 0.0251. The van der Waals surface area contributed by atoms with Gasteiger partial charge in [-0.25, -0.2) is 8.78 Å². The van der Waals surface area contributed by atoms with Crippen LogP contribution in [0.2, 0.25) is 0 Å². The molecule has 0 spiro atoms. The van der Waals surface area contributed by atoms with Crippen LogP contribution in [0.1, 0.15) is 17.3 Å². The molecule has 1 N–H and O–H groups in total. The quantitative estimate of drug-likeness (QED) is 0.890. The predicted octanol–water partition coefficient (Wildman–Crippen LogP) is 1.76. The number of rotatable bonds is 2. The summed E-state index contributed by atoms with van der Waals surface area (Å²) < 4.78 is 25.9. The fraction of sp³-hybridized carbons (Fsp3) is 0.385. The molecule has 2 atom stereocenters. The van der Waals surface area contributed by atoms with Crippen LogP contribution >= 0.6 is 0 Å². The molecule has 1 heterocycles. The zero-order chi connectivity index (χ0) is 14.2. The largest absolute Gasteiger partial charge is 0.481 e. The SMILES string of the molecule is CC1CN(C(=O)c2ccc(F)c(F)c2)CC1C(=O)O. The van der Waals surface area contributed by atoms with Crippen molar-refractivity contribution in [1.29, 1.82) is 0 Å². The fourth-order valence-electron chi connectivity index (χ4n) is 2.27. The second kappa shape index (κ2) is 4.95. The van der Waals surface area contributed by atoms with Gasteiger partial charge in [-0.05, 0) is 24.1 Å². The van der Waals surface area contributed by atoms with E-state index in [-0.39, 0.29) is 18.0 Å². The lowest BCUT2D eigenvalue weighted by Crippen LogP contribution is -2.30. The van der Waals surface area contributed by atoms with E-state index in [9.17, 15) is 18.4 Å². The van der Waals surface area contributed by atoms with Crippen LogP contribution in [0.3, 0.4) is 0 Å². The number of amides is 1. The predicted molar refractivity (Wildman–Crippen MR) is 62.6 cm³/mol. The number of carboxylic acid groups (broad SMARTS) is 1. The third-order valence-electron chi connectivity index (χ3n) is 3.38. The van der Waals surface area contributed by atoms with Crippen molar-refractivity contribution >= 4 is 11.9 Å². The van der Waals surface area contributed by atoms with Gasteiger partial charge in [0.25, 0.3) is 5.91 Å². The Labute approximate surface area is 108 Å². The van der Waals surface area contributed by atoms with Gasteiger partial charge in [0.2, 0.25) is 0 Å². The van der Waals surface area contributed by atoms with Gasteiger partial charge < -0.3 is 10.0 Å². The molecule has 0 radical (unpaired) electrons. The summed E-state index contributed by atoms with van der Waals surface area (Å²) in [7, 11) is 0. The van der Waals surface area contributed by atoms with Crippen LogP contribution in [0, 0.1) is 23.5 Å². The monoisotopic (exact) mass is 269 g/mol. The van der Waals surface area contributed by atoms with Gasteiger partial charge in [-0.3, -0.25) is 9.59 Å². The molecule has 1 aromatic carbocycles.